The number of piperidine rings is 1. The fourth-order valence-electron chi connectivity index (χ4n) is 3.56. The Kier molecular flexibility index (Phi) is 5.92. The molecule has 1 aromatic carbocycles. The van der Waals surface area contributed by atoms with E-state index < -0.39 is 10.0 Å². The lowest BCUT2D eigenvalue weighted by atomic mass is 10.1. The highest BCUT2D eigenvalue weighted by molar-refractivity contribution is 7.89. The van der Waals surface area contributed by atoms with Crippen molar-refractivity contribution in [2.45, 2.75) is 43.0 Å². The number of ether oxygens (including phenoxy) is 1. The molecule has 4 rings (SSSR count). The Hall–Kier alpha value is -2.65. The van der Waals surface area contributed by atoms with E-state index in [9.17, 15) is 13.2 Å². The molecule has 1 aliphatic heterocycles. The third-order valence-electron chi connectivity index (χ3n) is 5.32. The number of nitrogens with zero attached hydrogens (tertiary/aromatic N) is 2. The van der Waals surface area contributed by atoms with Gasteiger partial charge in [0, 0.05) is 25.3 Å². The number of carbonyl (C=O) groups excluding carboxylic acids is 1. The van der Waals surface area contributed by atoms with Gasteiger partial charge in [-0.3, -0.25) is 4.79 Å². The standard InChI is InChI=1S/C21H26N4O4S/c1-29-19-10-9-16(30(27,28)24-15-7-8-15)14-18(19)23-21(26)17-6-5-11-22-20(17)25-12-3-2-4-13-25/h5-6,9-11,14-15,24H,2-4,7-8,12-13H2,1H3,(H,23,26). The minimum atomic E-state index is -3.65. The van der Waals surface area contributed by atoms with Crippen LogP contribution in [-0.4, -0.2) is 45.6 Å². The quantitative estimate of drug-likeness (QED) is 0.701. The molecule has 0 radical (unpaired) electrons. The van der Waals surface area contributed by atoms with E-state index in [0.29, 0.717) is 22.8 Å². The van der Waals surface area contributed by atoms with E-state index in [1.807, 2.05) is 0 Å². The van der Waals surface area contributed by atoms with Crippen LogP contribution in [0.4, 0.5) is 11.5 Å². The minimum Gasteiger partial charge on any atom is -0.495 e. The monoisotopic (exact) mass is 430 g/mol. The van der Waals surface area contributed by atoms with Crippen LogP contribution in [0.3, 0.4) is 0 Å². The lowest BCUT2D eigenvalue weighted by Crippen LogP contribution is -2.32. The summed E-state index contributed by atoms with van der Waals surface area (Å²) in [5.41, 5.74) is 0.750. The molecule has 1 amide bonds. The van der Waals surface area contributed by atoms with Gasteiger partial charge < -0.3 is 15.0 Å². The van der Waals surface area contributed by atoms with Crippen LogP contribution in [0.1, 0.15) is 42.5 Å². The minimum absolute atomic E-state index is 0.00219. The molecule has 9 heteroatoms. The van der Waals surface area contributed by atoms with Crippen molar-refractivity contribution in [3.05, 3.63) is 42.1 Å². The normalized spacial score (nSPS) is 16.9. The first kappa shape index (κ1) is 20.6. The zero-order chi connectivity index (χ0) is 21.1. The topological polar surface area (TPSA) is 101 Å². The Morgan fingerprint density at radius 2 is 1.93 bits per heavy atom. The van der Waals surface area contributed by atoms with Gasteiger partial charge in [-0.05, 0) is 62.4 Å². The van der Waals surface area contributed by atoms with Crippen LogP contribution in [0, 0.1) is 0 Å². The largest absolute Gasteiger partial charge is 0.495 e. The fourth-order valence-corrected chi connectivity index (χ4v) is 4.89. The SMILES string of the molecule is COc1ccc(S(=O)(=O)NC2CC2)cc1NC(=O)c1cccnc1N1CCCCC1. The van der Waals surface area contributed by atoms with Crippen LogP contribution in [0.25, 0.3) is 0 Å². The molecule has 2 fully saturated rings. The maximum Gasteiger partial charge on any atom is 0.259 e. The van der Waals surface area contributed by atoms with E-state index in [4.69, 9.17) is 4.74 Å². The molecule has 1 aromatic heterocycles. The van der Waals surface area contributed by atoms with Gasteiger partial charge in [-0.2, -0.15) is 0 Å². The molecule has 2 aromatic rings. The summed E-state index contributed by atoms with van der Waals surface area (Å²) in [7, 11) is -2.17. The van der Waals surface area contributed by atoms with Crippen LogP contribution in [0.2, 0.25) is 0 Å². The summed E-state index contributed by atoms with van der Waals surface area (Å²) in [6.07, 6.45) is 6.69. The lowest BCUT2D eigenvalue weighted by Gasteiger charge is -2.29. The number of aromatic nitrogens is 1. The Bertz CT molecular complexity index is 1030. The van der Waals surface area contributed by atoms with Crippen molar-refractivity contribution < 1.29 is 17.9 Å². The number of hydrogen-bond acceptors (Lipinski definition) is 6. The van der Waals surface area contributed by atoms with Crippen molar-refractivity contribution in [1.29, 1.82) is 0 Å². The van der Waals surface area contributed by atoms with Gasteiger partial charge in [0.2, 0.25) is 10.0 Å². The number of pyridine rings is 1. The van der Waals surface area contributed by atoms with Crippen LogP contribution < -0.4 is 19.7 Å². The van der Waals surface area contributed by atoms with Gasteiger partial charge in [0.05, 0.1) is 23.3 Å². The molecule has 0 bridgehead atoms. The second kappa shape index (κ2) is 8.61. The number of methoxy groups -OCH3 is 1. The molecule has 1 saturated carbocycles. The number of sulfonamides is 1. The van der Waals surface area contributed by atoms with Crippen molar-refractivity contribution in [2.24, 2.45) is 0 Å². The third kappa shape index (κ3) is 4.57. The maximum absolute atomic E-state index is 13.1. The Balaban J connectivity index is 1.61. The van der Waals surface area contributed by atoms with Crippen LogP contribution in [-0.2, 0) is 10.0 Å². The summed E-state index contributed by atoms with van der Waals surface area (Å²) < 4.78 is 33.1. The van der Waals surface area contributed by atoms with Gasteiger partial charge >= 0.3 is 0 Å². The molecule has 0 unspecified atom stereocenters. The fraction of sp³-hybridized carbons (Fsp3) is 0.429. The molecule has 1 saturated heterocycles. The zero-order valence-corrected chi connectivity index (χ0v) is 17.7. The van der Waals surface area contributed by atoms with Crippen molar-refractivity contribution in [3.8, 4) is 5.75 Å². The zero-order valence-electron chi connectivity index (χ0n) is 16.9. The number of amides is 1. The molecule has 8 nitrogen and oxygen atoms in total. The average molecular weight is 431 g/mol. The van der Waals surface area contributed by atoms with E-state index in [-0.39, 0.29) is 16.8 Å². The molecule has 0 atom stereocenters. The van der Waals surface area contributed by atoms with E-state index >= 15 is 0 Å². The third-order valence-corrected chi connectivity index (χ3v) is 6.83. The first-order chi connectivity index (χ1) is 14.5. The van der Waals surface area contributed by atoms with Gasteiger partial charge in [0.15, 0.2) is 0 Å². The van der Waals surface area contributed by atoms with Crippen molar-refractivity contribution in [3.63, 3.8) is 0 Å². The first-order valence-corrected chi connectivity index (χ1v) is 11.7. The van der Waals surface area contributed by atoms with Crippen molar-refractivity contribution in [2.75, 3.05) is 30.4 Å². The Morgan fingerprint density at radius 3 is 2.63 bits per heavy atom. The molecule has 2 aliphatic rings. The predicted molar refractivity (Wildman–Crippen MR) is 115 cm³/mol. The number of nitrogens with one attached hydrogen (secondary N) is 2. The highest BCUT2D eigenvalue weighted by atomic mass is 32.2. The second-order valence-electron chi connectivity index (χ2n) is 7.63. The van der Waals surface area contributed by atoms with Gasteiger partial charge in [0.25, 0.3) is 5.91 Å². The van der Waals surface area contributed by atoms with Crippen LogP contribution in [0.15, 0.2) is 41.4 Å². The summed E-state index contributed by atoms with van der Waals surface area (Å²) >= 11 is 0. The van der Waals surface area contributed by atoms with Crippen molar-refractivity contribution in [1.82, 2.24) is 9.71 Å². The average Bonchev–Trinajstić information content (AvgIpc) is 3.57. The smallest absolute Gasteiger partial charge is 0.259 e. The molecule has 160 valence electrons. The maximum atomic E-state index is 13.1. The number of benzene rings is 1. The molecule has 1 aliphatic carbocycles. The Morgan fingerprint density at radius 1 is 1.17 bits per heavy atom. The Labute approximate surface area is 176 Å². The highest BCUT2D eigenvalue weighted by Crippen LogP contribution is 2.30. The van der Waals surface area contributed by atoms with Crippen LogP contribution in [0.5, 0.6) is 5.75 Å². The van der Waals surface area contributed by atoms with E-state index in [0.717, 1.165) is 38.8 Å². The van der Waals surface area contributed by atoms with E-state index in [2.05, 4.69) is 19.9 Å². The number of carbonyl (C=O) groups is 1. The first-order valence-electron chi connectivity index (χ1n) is 10.2. The van der Waals surface area contributed by atoms with Gasteiger partial charge in [-0.15, -0.1) is 0 Å². The lowest BCUT2D eigenvalue weighted by molar-refractivity contribution is 0.102. The van der Waals surface area contributed by atoms with Crippen LogP contribution >= 0.6 is 0 Å². The summed E-state index contributed by atoms with van der Waals surface area (Å²) in [4.78, 5) is 19.7. The van der Waals surface area contributed by atoms with E-state index in [1.165, 1.54) is 25.7 Å². The highest BCUT2D eigenvalue weighted by Gasteiger charge is 2.29. The summed E-state index contributed by atoms with van der Waals surface area (Å²) in [6, 6.07) is 7.90. The summed E-state index contributed by atoms with van der Waals surface area (Å²) in [5, 5.41) is 2.82. The molecular weight excluding hydrogens is 404 g/mol. The number of rotatable bonds is 7. The van der Waals surface area contributed by atoms with Crippen molar-refractivity contribution >= 4 is 27.4 Å². The van der Waals surface area contributed by atoms with E-state index in [1.54, 1.807) is 24.4 Å². The van der Waals surface area contributed by atoms with Gasteiger partial charge in [0.1, 0.15) is 11.6 Å². The summed E-state index contributed by atoms with van der Waals surface area (Å²) in [6.45, 7) is 1.72. The molecule has 2 heterocycles. The molecular formula is C21H26N4O4S. The predicted octanol–water partition coefficient (Wildman–Crippen LogP) is 2.77. The molecule has 2 N–H and O–H groups in total. The second-order valence-corrected chi connectivity index (χ2v) is 9.35. The number of hydrogen-bond donors (Lipinski definition) is 2. The number of anilines is 2. The summed E-state index contributed by atoms with van der Waals surface area (Å²) in [5.74, 6) is 0.677. The molecule has 30 heavy (non-hydrogen) atoms. The van der Waals surface area contributed by atoms with Gasteiger partial charge in [-0.25, -0.2) is 18.1 Å². The molecule has 0 spiro atoms. The van der Waals surface area contributed by atoms with Gasteiger partial charge in [-0.1, -0.05) is 0 Å².